The molecule has 0 spiro atoms. The lowest BCUT2D eigenvalue weighted by atomic mass is 9.97. The predicted octanol–water partition coefficient (Wildman–Crippen LogP) is 1.86. The number of carbonyl (C=O) groups is 1. The standard InChI is InChI=1S/C23H31N5O4/c1-2-18-13-21(29)27-22(25-18)16-4-3-5-19(12-16)26-23(30)24-14-20(17-6-9-32-15-17)28-7-10-31-11-8-28/h3-5,12-13,17,20H,2,6-11,14-15H2,1H3,(H2,24,26,30)(H,25,27,29). The number of benzene rings is 1. The smallest absolute Gasteiger partial charge is 0.319 e. The van der Waals surface area contributed by atoms with E-state index in [1.54, 1.807) is 0 Å². The van der Waals surface area contributed by atoms with Crippen LogP contribution in [0.1, 0.15) is 19.0 Å². The zero-order valence-corrected chi connectivity index (χ0v) is 18.4. The number of aryl methyl sites for hydroxylation is 1. The molecular formula is C23H31N5O4. The fourth-order valence-electron chi connectivity index (χ4n) is 4.30. The van der Waals surface area contributed by atoms with Gasteiger partial charge in [-0.05, 0) is 25.0 Å². The number of aromatic amines is 1. The Balaban J connectivity index is 1.39. The summed E-state index contributed by atoms with van der Waals surface area (Å²) in [6, 6.07) is 8.77. The van der Waals surface area contributed by atoms with Gasteiger partial charge in [0.2, 0.25) is 0 Å². The Bertz CT molecular complexity index is 967. The molecule has 2 unspecified atom stereocenters. The molecule has 3 N–H and O–H groups in total. The third-order valence-corrected chi connectivity index (χ3v) is 6.05. The molecule has 2 aliphatic rings. The van der Waals surface area contributed by atoms with Crippen molar-refractivity contribution in [3.8, 4) is 11.4 Å². The molecule has 2 saturated heterocycles. The number of hydrogen-bond donors (Lipinski definition) is 3. The lowest BCUT2D eigenvalue weighted by Gasteiger charge is -2.37. The third-order valence-electron chi connectivity index (χ3n) is 6.05. The molecule has 2 aromatic rings. The van der Waals surface area contributed by atoms with Crippen LogP contribution in [0.2, 0.25) is 0 Å². The maximum absolute atomic E-state index is 12.6. The van der Waals surface area contributed by atoms with Gasteiger partial charge in [0.05, 0.1) is 19.8 Å². The predicted molar refractivity (Wildman–Crippen MR) is 122 cm³/mol. The number of morpholine rings is 1. The number of nitrogens with zero attached hydrogens (tertiary/aromatic N) is 2. The van der Waals surface area contributed by atoms with Gasteiger partial charge in [-0.15, -0.1) is 0 Å². The Morgan fingerprint density at radius 2 is 2.09 bits per heavy atom. The summed E-state index contributed by atoms with van der Waals surface area (Å²) in [5.41, 5.74) is 1.92. The number of urea groups is 1. The third kappa shape index (κ3) is 5.73. The van der Waals surface area contributed by atoms with Crippen LogP contribution in [0.4, 0.5) is 10.5 Å². The Hall–Kier alpha value is -2.75. The summed E-state index contributed by atoms with van der Waals surface area (Å²) in [5.74, 6) is 0.900. The van der Waals surface area contributed by atoms with E-state index >= 15 is 0 Å². The second-order valence-electron chi connectivity index (χ2n) is 8.19. The van der Waals surface area contributed by atoms with Crippen molar-refractivity contribution in [2.24, 2.45) is 5.92 Å². The summed E-state index contributed by atoms with van der Waals surface area (Å²) in [7, 11) is 0. The minimum Gasteiger partial charge on any atom is -0.381 e. The first-order chi connectivity index (χ1) is 15.6. The molecule has 1 aromatic heterocycles. The van der Waals surface area contributed by atoms with Crippen molar-refractivity contribution < 1.29 is 14.3 Å². The van der Waals surface area contributed by atoms with Crippen LogP contribution >= 0.6 is 0 Å². The molecule has 3 heterocycles. The fourth-order valence-corrected chi connectivity index (χ4v) is 4.30. The Labute approximate surface area is 187 Å². The second-order valence-corrected chi connectivity index (χ2v) is 8.19. The number of rotatable bonds is 7. The van der Waals surface area contributed by atoms with Gasteiger partial charge in [-0.3, -0.25) is 9.69 Å². The van der Waals surface area contributed by atoms with Crippen LogP contribution in [-0.4, -0.2) is 73.0 Å². The number of anilines is 1. The number of aromatic nitrogens is 2. The minimum atomic E-state index is -0.261. The number of ether oxygens (including phenoxy) is 2. The average molecular weight is 442 g/mol. The molecule has 2 fully saturated rings. The van der Waals surface area contributed by atoms with E-state index in [2.05, 4.69) is 25.5 Å². The van der Waals surface area contributed by atoms with E-state index in [0.29, 0.717) is 30.4 Å². The first-order valence-corrected chi connectivity index (χ1v) is 11.3. The van der Waals surface area contributed by atoms with Gasteiger partial charge < -0.3 is 25.1 Å². The summed E-state index contributed by atoms with van der Waals surface area (Å²) < 4.78 is 11.1. The summed E-state index contributed by atoms with van der Waals surface area (Å²) in [5, 5.41) is 5.93. The first-order valence-electron chi connectivity index (χ1n) is 11.3. The molecular weight excluding hydrogens is 410 g/mol. The van der Waals surface area contributed by atoms with Gasteiger partial charge in [0.25, 0.3) is 5.56 Å². The SMILES string of the molecule is CCc1cc(=O)[nH]c(-c2cccc(NC(=O)NCC(C3CCOC3)N3CCOCC3)c2)n1. The van der Waals surface area contributed by atoms with Gasteiger partial charge in [0.1, 0.15) is 5.82 Å². The van der Waals surface area contributed by atoms with Gasteiger partial charge in [-0.1, -0.05) is 19.1 Å². The molecule has 172 valence electrons. The molecule has 32 heavy (non-hydrogen) atoms. The maximum Gasteiger partial charge on any atom is 0.319 e. The number of hydrogen-bond acceptors (Lipinski definition) is 6. The number of amides is 2. The molecule has 4 rings (SSSR count). The Morgan fingerprint density at radius 1 is 1.25 bits per heavy atom. The normalized spacial score (nSPS) is 20.1. The highest BCUT2D eigenvalue weighted by atomic mass is 16.5. The molecule has 9 nitrogen and oxygen atoms in total. The van der Waals surface area contributed by atoms with E-state index in [0.717, 1.165) is 57.2 Å². The van der Waals surface area contributed by atoms with E-state index < -0.39 is 0 Å². The molecule has 2 aliphatic heterocycles. The average Bonchev–Trinajstić information content (AvgIpc) is 3.34. The molecule has 2 amide bonds. The maximum atomic E-state index is 12.6. The van der Waals surface area contributed by atoms with E-state index in [1.807, 2.05) is 31.2 Å². The van der Waals surface area contributed by atoms with Crippen LogP contribution in [0.5, 0.6) is 0 Å². The summed E-state index contributed by atoms with van der Waals surface area (Å²) in [6.07, 6.45) is 1.68. The van der Waals surface area contributed by atoms with Crippen LogP contribution in [0, 0.1) is 5.92 Å². The molecule has 0 aliphatic carbocycles. The highest BCUT2D eigenvalue weighted by Gasteiger charge is 2.31. The summed E-state index contributed by atoms with van der Waals surface area (Å²) >= 11 is 0. The highest BCUT2D eigenvalue weighted by molar-refractivity contribution is 5.89. The van der Waals surface area contributed by atoms with E-state index in [-0.39, 0.29) is 17.6 Å². The van der Waals surface area contributed by atoms with Gasteiger partial charge in [-0.25, -0.2) is 9.78 Å². The number of carbonyl (C=O) groups excluding carboxylic acids is 1. The summed E-state index contributed by atoms with van der Waals surface area (Å²) in [4.78, 5) is 34.2. The van der Waals surface area contributed by atoms with Crippen molar-refractivity contribution in [2.45, 2.75) is 25.8 Å². The van der Waals surface area contributed by atoms with Crippen molar-refractivity contribution in [3.63, 3.8) is 0 Å². The Morgan fingerprint density at radius 3 is 2.84 bits per heavy atom. The van der Waals surface area contributed by atoms with Crippen LogP contribution < -0.4 is 16.2 Å². The van der Waals surface area contributed by atoms with Crippen molar-refractivity contribution in [1.82, 2.24) is 20.2 Å². The monoisotopic (exact) mass is 441 g/mol. The lowest BCUT2D eigenvalue weighted by molar-refractivity contribution is 0.00222. The van der Waals surface area contributed by atoms with Gasteiger partial charge in [-0.2, -0.15) is 0 Å². The molecule has 9 heteroatoms. The highest BCUT2D eigenvalue weighted by Crippen LogP contribution is 2.22. The zero-order valence-electron chi connectivity index (χ0n) is 18.4. The van der Waals surface area contributed by atoms with Crippen molar-refractivity contribution >= 4 is 11.7 Å². The first kappa shape index (κ1) is 22.4. The van der Waals surface area contributed by atoms with Crippen LogP contribution in [0.3, 0.4) is 0 Å². The molecule has 0 bridgehead atoms. The van der Waals surface area contributed by atoms with Gasteiger partial charge in [0, 0.05) is 61.2 Å². The number of nitrogens with one attached hydrogen (secondary N) is 3. The van der Waals surface area contributed by atoms with Crippen molar-refractivity contribution in [3.05, 3.63) is 46.4 Å². The van der Waals surface area contributed by atoms with Crippen molar-refractivity contribution in [2.75, 3.05) is 51.4 Å². The summed E-state index contributed by atoms with van der Waals surface area (Å²) in [6.45, 7) is 7.19. The molecule has 0 saturated carbocycles. The van der Waals surface area contributed by atoms with Gasteiger partial charge in [0.15, 0.2) is 0 Å². The van der Waals surface area contributed by atoms with E-state index in [1.165, 1.54) is 6.07 Å². The van der Waals surface area contributed by atoms with E-state index in [4.69, 9.17) is 9.47 Å². The van der Waals surface area contributed by atoms with Crippen LogP contribution in [0.25, 0.3) is 11.4 Å². The molecule has 1 aromatic carbocycles. The molecule has 2 atom stereocenters. The fraction of sp³-hybridized carbons (Fsp3) is 0.522. The van der Waals surface area contributed by atoms with Crippen LogP contribution in [-0.2, 0) is 15.9 Å². The van der Waals surface area contributed by atoms with Gasteiger partial charge >= 0.3 is 6.03 Å². The second kappa shape index (κ2) is 10.7. The van der Waals surface area contributed by atoms with Crippen molar-refractivity contribution in [1.29, 1.82) is 0 Å². The largest absolute Gasteiger partial charge is 0.381 e. The topological polar surface area (TPSA) is 109 Å². The number of H-pyrrole nitrogens is 1. The zero-order chi connectivity index (χ0) is 22.3. The minimum absolute atomic E-state index is 0.187. The molecule has 0 radical (unpaired) electrons. The van der Waals surface area contributed by atoms with Crippen LogP contribution in [0.15, 0.2) is 35.1 Å². The quantitative estimate of drug-likeness (QED) is 0.605. The Kier molecular flexibility index (Phi) is 7.51. The van der Waals surface area contributed by atoms with E-state index in [9.17, 15) is 9.59 Å². The lowest BCUT2D eigenvalue weighted by Crippen LogP contribution is -2.52.